The van der Waals surface area contributed by atoms with Crippen molar-refractivity contribution < 1.29 is 19.1 Å². The van der Waals surface area contributed by atoms with Gasteiger partial charge >= 0.3 is 6.03 Å². The van der Waals surface area contributed by atoms with Crippen molar-refractivity contribution >= 4 is 29.6 Å². The monoisotopic (exact) mass is 391 g/mol. The normalized spacial score (nSPS) is 14.7. The fourth-order valence-corrected chi connectivity index (χ4v) is 2.68. The van der Waals surface area contributed by atoms with Crippen molar-refractivity contribution in [3.05, 3.63) is 78.0 Å². The predicted molar refractivity (Wildman–Crippen MR) is 110 cm³/mol. The van der Waals surface area contributed by atoms with Crippen molar-refractivity contribution in [2.24, 2.45) is 0 Å². The van der Waals surface area contributed by atoms with Gasteiger partial charge in [-0.05, 0) is 42.8 Å². The van der Waals surface area contributed by atoms with E-state index < -0.39 is 11.9 Å². The lowest BCUT2D eigenvalue weighted by Gasteiger charge is -2.08. The maximum Gasteiger partial charge on any atom is 0.329 e. The summed E-state index contributed by atoms with van der Waals surface area (Å²) in [5.74, 6) is -0.147. The van der Waals surface area contributed by atoms with Crippen LogP contribution in [0.1, 0.15) is 11.1 Å². The van der Waals surface area contributed by atoms with Gasteiger partial charge in [-0.25, -0.2) is 4.79 Å². The van der Waals surface area contributed by atoms with Crippen molar-refractivity contribution in [3.63, 3.8) is 0 Å². The van der Waals surface area contributed by atoms with Gasteiger partial charge in [0, 0.05) is 12.2 Å². The molecule has 29 heavy (non-hydrogen) atoms. The summed E-state index contributed by atoms with van der Waals surface area (Å²) in [4.78, 5) is 37.0. The highest BCUT2D eigenvalue weighted by Crippen LogP contribution is 2.17. The number of amides is 4. The minimum atomic E-state index is -0.472. The van der Waals surface area contributed by atoms with Crippen molar-refractivity contribution in [2.45, 2.75) is 6.92 Å². The fraction of sp³-hybridized carbons (Fsp3) is 0.136. The molecule has 4 amide bonds. The molecule has 1 saturated heterocycles. The zero-order valence-corrected chi connectivity index (χ0v) is 16.0. The first-order valence-corrected chi connectivity index (χ1v) is 9.01. The molecule has 7 nitrogen and oxygen atoms in total. The molecule has 1 aliphatic rings. The molecule has 2 aromatic carbocycles. The Bertz CT molecular complexity index is 963. The molecule has 0 spiro atoms. The Hall–Kier alpha value is -3.87. The first kappa shape index (κ1) is 19.9. The van der Waals surface area contributed by atoms with Gasteiger partial charge < -0.3 is 15.4 Å². The molecular formula is C22H21N3O4. The number of hydrogen-bond donors (Lipinski definition) is 2. The van der Waals surface area contributed by atoms with Gasteiger partial charge in [-0.2, -0.15) is 0 Å². The maximum absolute atomic E-state index is 12.2. The van der Waals surface area contributed by atoms with Crippen LogP contribution in [0.4, 0.5) is 10.5 Å². The van der Waals surface area contributed by atoms with Gasteiger partial charge in [0.05, 0.1) is 0 Å². The number of nitrogens with zero attached hydrogens (tertiary/aromatic N) is 1. The molecule has 0 saturated carbocycles. The van der Waals surface area contributed by atoms with Gasteiger partial charge in [0.2, 0.25) is 0 Å². The zero-order chi connectivity index (χ0) is 20.8. The minimum Gasteiger partial charge on any atom is -0.484 e. The molecule has 1 aliphatic heterocycles. The molecule has 148 valence electrons. The number of ether oxygens (including phenoxy) is 1. The average molecular weight is 391 g/mol. The quantitative estimate of drug-likeness (QED) is 0.431. The van der Waals surface area contributed by atoms with E-state index in [1.165, 1.54) is 6.08 Å². The molecule has 0 bridgehead atoms. The second-order valence-corrected chi connectivity index (χ2v) is 6.46. The van der Waals surface area contributed by atoms with Crippen LogP contribution in [0.5, 0.6) is 5.75 Å². The summed E-state index contributed by atoms with van der Waals surface area (Å²) in [6.07, 6.45) is 3.07. The largest absolute Gasteiger partial charge is 0.484 e. The fourth-order valence-electron chi connectivity index (χ4n) is 2.68. The van der Waals surface area contributed by atoms with Crippen LogP contribution in [0.15, 0.2) is 66.9 Å². The van der Waals surface area contributed by atoms with Crippen molar-refractivity contribution in [1.29, 1.82) is 0 Å². The lowest BCUT2D eigenvalue weighted by molar-refractivity contribution is -0.122. The molecule has 0 aromatic heterocycles. The Morgan fingerprint density at radius 2 is 1.83 bits per heavy atom. The van der Waals surface area contributed by atoms with E-state index in [4.69, 9.17) is 4.74 Å². The zero-order valence-electron chi connectivity index (χ0n) is 16.0. The van der Waals surface area contributed by atoms with Gasteiger partial charge in [0.1, 0.15) is 11.4 Å². The van der Waals surface area contributed by atoms with Crippen LogP contribution in [-0.4, -0.2) is 35.9 Å². The summed E-state index contributed by atoms with van der Waals surface area (Å²) >= 11 is 0. The molecule has 7 heteroatoms. The van der Waals surface area contributed by atoms with Crippen LogP contribution in [0.2, 0.25) is 0 Å². The van der Waals surface area contributed by atoms with Crippen LogP contribution >= 0.6 is 0 Å². The summed E-state index contributed by atoms with van der Waals surface area (Å²) in [7, 11) is 0. The Labute approximate surface area is 168 Å². The standard InChI is InChI=1S/C22H21N3O4/c1-3-12-25-21(27)19(24-22(25)28)13-16-6-10-18(11-7-16)29-14-20(26)23-17-8-4-15(2)5-9-17/h3-11,13H,1,12,14H2,2H3,(H,23,26)(H,24,28)/b19-13+. The van der Waals surface area contributed by atoms with E-state index >= 15 is 0 Å². The Balaban J connectivity index is 1.55. The Morgan fingerprint density at radius 1 is 1.14 bits per heavy atom. The third kappa shape index (κ3) is 5.10. The lowest BCUT2D eigenvalue weighted by atomic mass is 10.2. The molecule has 3 rings (SSSR count). The molecule has 0 atom stereocenters. The third-order valence-corrected chi connectivity index (χ3v) is 4.17. The molecule has 0 aliphatic carbocycles. The number of imide groups is 1. The third-order valence-electron chi connectivity index (χ3n) is 4.17. The van der Waals surface area contributed by atoms with Gasteiger partial charge in [-0.3, -0.25) is 14.5 Å². The van der Waals surface area contributed by atoms with E-state index in [1.807, 2.05) is 31.2 Å². The number of urea groups is 1. The van der Waals surface area contributed by atoms with Crippen LogP contribution in [0, 0.1) is 6.92 Å². The summed E-state index contributed by atoms with van der Waals surface area (Å²) in [6, 6.07) is 13.9. The topological polar surface area (TPSA) is 87.7 Å². The number of hydrogen-bond acceptors (Lipinski definition) is 4. The number of carbonyl (C=O) groups is 3. The van der Waals surface area contributed by atoms with Crippen molar-refractivity contribution in [2.75, 3.05) is 18.5 Å². The molecule has 1 fully saturated rings. The molecule has 0 unspecified atom stereocenters. The van der Waals surface area contributed by atoms with E-state index in [9.17, 15) is 14.4 Å². The molecule has 2 N–H and O–H groups in total. The molecular weight excluding hydrogens is 370 g/mol. The first-order valence-electron chi connectivity index (χ1n) is 9.01. The predicted octanol–water partition coefficient (Wildman–Crippen LogP) is 3.09. The lowest BCUT2D eigenvalue weighted by Crippen LogP contribution is -2.30. The summed E-state index contributed by atoms with van der Waals surface area (Å²) in [5.41, 5.74) is 2.73. The maximum atomic E-state index is 12.2. The molecule has 1 heterocycles. The van der Waals surface area contributed by atoms with Crippen molar-refractivity contribution in [1.82, 2.24) is 10.2 Å². The van der Waals surface area contributed by atoms with Crippen LogP contribution in [0.25, 0.3) is 6.08 Å². The van der Waals surface area contributed by atoms with E-state index in [0.29, 0.717) is 17.0 Å². The number of anilines is 1. The van der Waals surface area contributed by atoms with Crippen molar-refractivity contribution in [3.8, 4) is 5.75 Å². The number of benzene rings is 2. The first-order chi connectivity index (χ1) is 14.0. The molecule has 0 radical (unpaired) electrons. The minimum absolute atomic E-state index is 0.126. The highest BCUT2D eigenvalue weighted by molar-refractivity contribution is 6.14. The van der Waals surface area contributed by atoms with Gasteiger partial charge in [-0.15, -0.1) is 6.58 Å². The smallest absolute Gasteiger partial charge is 0.329 e. The van der Waals surface area contributed by atoms with Gasteiger partial charge in [0.15, 0.2) is 6.61 Å². The SMILES string of the molecule is C=CCN1C(=O)N/C(=C/c2ccc(OCC(=O)Nc3ccc(C)cc3)cc2)C1=O. The van der Waals surface area contributed by atoms with Crippen LogP contribution in [-0.2, 0) is 9.59 Å². The van der Waals surface area contributed by atoms with E-state index in [-0.39, 0.29) is 24.8 Å². The number of aryl methyl sites for hydroxylation is 1. The van der Waals surface area contributed by atoms with Crippen LogP contribution in [0.3, 0.4) is 0 Å². The number of rotatable bonds is 7. The molecule has 2 aromatic rings. The second kappa shape index (κ2) is 8.88. The summed E-state index contributed by atoms with van der Waals surface area (Å²) in [6.45, 7) is 5.53. The van der Waals surface area contributed by atoms with Gasteiger partial charge in [0.25, 0.3) is 11.8 Å². The summed E-state index contributed by atoms with van der Waals surface area (Å²) in [5, 5.41) is 5.29. The number of nitrogens with one attached hydrogen (secondary N) is 2. The Morgan fingerprint density at radius 3 is 2.48 bits per heavy atom. The van der Waals surface area contributed by atoms with E-state index in [2.05, 4.69) is 17.2 Å². The van der Waals surface area contributed by atoms with E-state index in [1.54, 1.807) is 30.3 Å². The highest BCUT2D eigenvalue weighted by atomic mass is 16.5. The van der Waals surface area contributed by atoms with Crippen LogP contribution < -0.4 is 15.4 Å². The Kier molecular flexibility index (Phi) is 6.09. The summed E-state index contributed by atoms with van der Waals surface area (Å²) < 4.78 is 5.49. The second-order valence-electron chi connectivity index (χ2n) is 6.46. The van der Waals surface area contributed by atoms with E-state index in [0.717, 1.165) is 10.5 Å². The van der Waals surface area contributed by atoms with Gasteiger partial charge in [-0.1, -0.05) is 35.9 Å². The average Bonchev–Trinajstić information content (AvgIpc) is 2.97. The highest BCUT2D eigenvalue weighted by Gasteiger charge is 2.32. The number of carbonyl (C=O) groups excluding carboxylic acids is 3.